The molecule has 0 bridgehead atoms. The molecule has 0 saturated heterocycles. The first-order valence-corrected chi connectivity index (χ1v) is 9.96. The van der Waals surface area contributed by atoms with Crippen LogP contribution in [0.15, 0.2) is 41.3 Å². The van der Waals surface area contributed by atoms with Crippen molar-refractivity contribution < 1.29 is 22.7 Å². The number of ether oxygens (including phenoxy) is 1. The second-order valence-electron chi connectivity index (χ2n) is 5.47. The Morgan fingerprint density at radius 3 is 2.27 bits per heavy atom. The lowest BCUT2D eigenvalue weighted by Crippen LogP contribution is -2.21. The molecule has 2 rings (SSSR count). The zero-order chi connectivity index (χ0) is 19.5. The minimum absolute atomic E-state index is 0.0792. The molecule has 1 amide bonds. The van der Waals surface area contributed by atoms with Crippen molar-refractivity contribution in [2.45, 2.75) is 11.8 Å². The van der Waals surface area contributed by atoms with E-state index in [9.17, 15) is 18.0 Å². The highest BCUT2D eigenvalue weighted by molar-refractivity contribution is 7.90. The highest BCUT2D eigenvalue weighted by atomic mass is 35.5. The number of amides is 1. The fourth-order valence-corrected chi connectivity index (χ4v) is 3.10. The molecular formula is C17H15Cl2NO5S. The summed E-state index contributed by atoms with van der Waals surface area (Å²) < 4.78 is 27.7. The van der Waals surface area contributed by atoms with Crippen molar-refractivity contribution in [1.29, 1.82) is 0 Å². The molecule has 0 saturated carbocycles. The third-order valence-corrected chi connectivity index (χ3v) is 5.33. The summed E-state index contributed by atoms with van der Waals surface area (Å²) in [5.41, 5.74) is 1.10. The molecule has 26 heavy (non-hydrogen) atoms. The van der Waals surface area contributed by atoms with Crippen LogP contribution < -0.4 is 5.32 Å². The Hall–Kier alpha value is -2.09. The lowest BCUT2D eigenvalue weighted by molar-refractivity contribution is -0.119. The lowest BCUT2D eigenvalue weighted by Gasteiger charge is -2.11. The van der Waals surface area contributed by atoms with Crippen LogP contribution in [0.2, 0.25) is 10.0 Å². The first kappa shape index (κ1) is 20.2. The molecule has 2 aromatic carbocycles. The number of halogens is 2. The fourth-order valence-electron chi connectivity index (χ4n) is 2.00. The van der Waals surface area contributed by atoms with E-state index in [1.807, 2.05) is 0 Å². The van der Waals surface area contributed by atoms with Gasteiger partial charge in [0.25, 0.3) is 5.91 Å². The summed E-state index contributed by atoms with van der Waals surface area (Å²) in [6, 6.07) is 8.50. The predicted octanol–water partition coefficient (Wildman–Crippen LogP) is 3.50. The van der Waals surface area contributed by atoms with Crippen molar-refractivity contribution in [3.63, 3.8) is 0 Å². The van der Waals surface area contributed by atoms with Crippen molar-refractivity contribution in [2.75, 3.05) is 18.2 Å². The third-order valence-electron chi connectivity index (χ3n) is 3.40. The summed E-state index contributed by atoms with van der Waals surface area (Å²) in [5, 5.41) is 3.06. The molecule has 0 radical (unpaired) electrons. The number of benzene rings is 2. The van der Waals surface area contributed by atoms with Crippen molar-refractivity contribution in [3.8, 4) is 0 Å². The summed E-state index contributed by atoms with van der Waals surface area (Å²) >= 11 is 12.1. The highest BCUT2D eigenvalue weighted by Gasteiger charge is 2.15. The van der Waals surface area contributed by atoms with Crippen molar-refractivity contribution >= 4 is 50.6 Å². The van der Waals surface area contributed by atoms with Crippen LogP contribution in [0.4, 0.5) is 5.69 Å². The zero-order valence-corrected chi connectivity index (χ0v) is 16.2. The maximum absolute atomic E-state index is 12.0. The summed E-state index contributed by atoms with van der Waals surface area (Å²) in [5.74, 6) is -1.37. The van der Waals surface area contributed by atoms with Gasteiger partial charge in [0.05, 0.1) is 26.2 Å². The Balaban J connectivity index is 1.99. The molecule has 1 N–H and O–H groups in total. The number of carbonyl (C=O) groups is 2. The van der Waals surface area contributed by atoms with Gasteiger partial charge in [-0.2, -0.15) is 0 Å². The maximum atomic E-state index is 12.0. The quantitative estimate of drug-likeness (QED) is 0.754. The van der Waals surface area contributed by atoms with Crippen LogP contribution >= 0.6 is 23.2 Å². The average molecular weight is 416 g/mol. The van der Waals surface area contributed by atoms with Crippen molar-refractivity contribution in [2.24, 2.45) is 0 Å². The van der Waals surface area contributed by atoms with E-state index in [0.29, 0.717) is 5.02 Å². The molecule has 0 heterocycles. The molecule has 2 aromatic rings. The Bertz CT molecular complexity index is 956. The van der Waals surface area contributed by atoms with Gasteiger partial charge in [-0.15, -0.1) is 0 Å². The number of rotatable bonds is 5. The molecule has 138 valence electrons. The summed E-state index contributed by atoms with van der Waals surface area (Å²) in [7, 11) is -3.36. The Kier molecular flexibility index (Phi) is 6.28. The topological polar surface area (TPSA) is 89.5 Å². The van der Waals surface area contributed by atoms with Crippen molar-refractivity contribution in [1.82, 2.24) is 0 Å². The van der Waals surface area contributed by atoms with Gasteiger partial charge in [0.1, 0.15) is 0 Å². The van der Waals surface area contributed by atoms with Gasteiger partial charge in [-0.05, 0) is 42.8 Å². The van der Waals surface area contributed by atoms with Crippen LogP contribution in [-0.4, -0.2) is 33.2 Å². The van der Waals surface area contributed by atoms with E-state index in [4.69, 9.17) is 27.9 Å². The Labute approximate surface area is 161 Å². The smallest absolute Gasteiger partial charge is 0.338 e. The lowest BCUT2D eigenvalue weighted by atomic mass is 10.2. The average Bonchev–Trinajstić information content (AvgIpc) is 2.59. The molecule has 0 unspecified atom stereocenters. The van der Waals surface area contributed by atoms with Crippen LogP contribution in [0, 0.1) is 6.92 Å². The predicted molar refractivity (Wildman–Crippen MR) is 99.7 cm³/mol. The van der Waals surface area contributed by atoms with Crippen LogP contribution in [0.1, 0.15) is 15.9 Å². The zero-order valence-electron chi connectivity index (χ0n) is 13.9. The first-order chi connectivity index (χ1) is 12.1. The number of nitrogens with one attached hydrogen (secondary N) is 1. The van der Waals surface area contributed by atoms with Gasteiger partial charge < -0.3 is 10.1 Å². The second kappa shape index (κ2) is 8.07. The highest BCUT2D eigenvalue weighted by Crippen LogP contribution is 2.32. The molecule has 0 fully saturated rings. The molecule has 0 aliphatic rings. The van der Waals surface area contributed by atoms with Gasteiger partial charge in [0, 0.05) is 6.26 Å². The second-order valence-corrected chi connectivity index (χ2v) is 8.28. The van der Waals surface area contributed by atoms with Gasteiger partial charge in [0.15, 0.2) is 16.4 Å². The number of esters is 1. The van der Waals surface area contributed by atoms with E-state index in [1.54, 1.807) is 19.1 Å². The van der Waals surface area contributed by atoms with Crippen LogP contribution in [0.3, 0.4) is 0 Å². The van der Waals surface area contributed by atoms with Crippen LogP contribution in [0.5, 0.6) is 0 Å². The van der Waals surface area contributed by atoms with Crippen molar-refractivity contribution in [3.05, 3.63) is 57.6 Å². The van der Waals surface area contributed by atoms with Crippen LogP contribution in [-0.2, 0) is 19.4 Å². The monoisotopic (exact) mass is 415 g/mol. The molecule has 9 heteroatoms. The van der Waals surface area contributed by atoms with Gasteiger partial charge >= 0.3 is 5.97 Å². The first-order valence-electron chi connectivity index (χ1n) is 7.31. The SMILES string of the molecule is Cc1ccc(Cl)c(NC(=O)COC(=O)c2ccc(S(C)(=O)=O)cc2)c1Cl. The molecule has 0 aromatic heterocycles. The van der Waals surface area contributed by atoms with Gasteiger partial charge in [-0.1, -0.05) is 29.3 Å². The van der Waals surface area contributed by atoms with E-state index >= 15 is 0 Å². The minimum Gasteiger partial charge on any atom is -0.452 e. The molecule has 6 nitrogen and oxygen atoms in total. The number of hydrogen-bond donors (Lipinski definition) is 1. The molecule has 0 aliphatic heterocycles. The third kappa shape index (κ3) is 4.97. The number of anilines is 1. The normalized spacial score (nSPS) is 11.1. The Morgan fingerprint density at radius 1 is 1.08 bits per heavy atom. The van der Waals surface area contributed by atoms with E-state index in [0.717, 1.165) is 11.8 Å². The van der Waals surface area contributed by atoms with Crippen LogP contribution in [0.25, 0.3) is 0 Å². The van der Waals surface area contributed by atoms with E-state index in [-0.39, 0.29) is 21.2 Å². The molecule has 0 spiro atoms. The molecule has 0 atom stereocenters. The fraction of sp³-hybridized carbons (Fsp3) is 0.176. The molecular weight excluding hydrogens is 401 g/mol. The number of aryl methyl sites for hydroxylation is 1. The minimum atomic E-state index is -3.36. The Morgan fingerprint density at radius 2 is 1.69 bits per heavy atom. The molecule has 0 aliphatic carbocycles. The van der Waals surface area contributed by atoms with E-state index in [1.165, 1.54) is 24.3 Å². The number of carbonyl (C=O) groups excluding carboxylic acids is 2. The number of hydrogen-bond acceptors (Lipinski definition) is 5. The van der Waals surface area contributed by atoms with E-state index < -0.39 is 28.3 Å². The van der Waals surface area contributed by atoms with Gasteiger partial charge in [-0.25, -0.2) is 13.2 Å². The summed E-state index contributed by atoms with van der Waals surface area (Å²) in [6.45, 7) is 1.21. The number of sulfone groups is 1. The largest absolute Gasteiger partial charge is 0.452 e. The van der Waals surface area contributed by atoms with Gasteiger partial charge in [-0.3, -0.25) is 4.79 Å². The summed E-state index contributed by atoms with van der Waals surface area (Å²) in [6.07, 6.45) is 1.06. The van der Waals surface area contributed by atoms with E-state index in [2.05, 4.69) is 5.32 Å². The van der Waals surface area contributed by atoms with Gasteiger partial charge in [0.2, 0.25) is 0 Å². The maximum Gasteiger partial charge on any atom is 0.338 e. The summed E-state index contributed by atoms with van der Waals surface area (Å²) in [4.78, 5) is 24.0. The standard InChI is InChI=1S/C17H15Cl2NO5S/c1-10-3-8-13(18)16(15(10)19)20-14(21)9-25-17(22)11-4-6-12(7-5-11)26(2,23)24/h3-8H,9H2,1-2H3,(H,20,21).